The van der Waals surface area contributed by atoms with E-state index in [4.69, 9.17) is 4.74 Å². The van der Waals surface area contributed by atoms with Gasteiger partial charge in [-0.25, -0.2) is 0 Å². The van der Waals surface area contributed by atoms with Crippen LogP contribution in [0.1, 0.15) is 44.9 Å². The van der Waals surface area contributed by atoms with Gasteiger partial charge in [-0.2, -0.15) is 0 Å². The minimum atomic E-state index is -0.0724. The van der Waals surface area contributed by atoms with Crippen LogP contribution in [0.4, 0.5) is 5.69 Å². The molecule has 0 aromatic heterocycles. The molecule has 4 aliphatic rings. The Morgan fingerprint density at radius 1 is 0.931 bits per heavy atom. The van der Waals surface area contributed by atoms with E-state index in [-0.39, 0.29) is 41.5 Å². The molecular weight excluding hydrogens is 368 g/mol. The minimum absolute atomic E-state index is 0.0163. The number of ether oxygens (including phenoxy) is 1. The SMILES string of the molecule is COc1ccc(NC(=O)C2CCC(N3C(=O)[C@@H]4[C@H]5CC[C@@H](C5)[C@H]4C3=O)CC2)cc1. The Morgan fingerprint density at radius 2 is 1.52 bits per heavy atom. The molecule has 29 heavy (non-hydrogen) atoms. The second-order valence-corrected chi connectivity index (χ2v) is 9.15. The molecule has 1 heterocycles. The first-order chi connectivity index (χ1) is 14.1. The smallest absolute Gasteiger partial charge is 0.233 e. The molecule has 1 aromatic carbocycles. The lowest BCUT2D eigenvalue weighted by Crippen LogP contribution is -2.44. The summed E-state index contributed by atoms with van der Waals surface area (Å²) in [5, 5.41) is 2.98. The van der Waals surface area contributed by atoms with E-state index < -0.39 is 0 Å². The summed E-state index contributed by atoms with van der Waals surface area (Å²) >= 11 is 0. The Morgan fingerprint density at radius 3 is 2.07 bits per heavy atom. The first kappa shape index (κ1) is 18.6. The molecule has 3 aliphatic carbocycles. The van der Waals surface area contributed by atoms with Crippen molar-refractivity contribution in [3.8, 4) is 5.75 Å². The van der Waals surface area contributed by atoms with Crippen LogP contribution in [0.2, 0.25) is 0 Å². The molecular formula is C23H28N2O4. The largest absolute Gasteiger partial charge is 0.497 e. The fourth-order valence-corrected chi connectivity index (χ4v) is 6.31. The van der Waals surface area contributed by atoms with Gasteiger partial charge in [0.15, 0.2) is 0 Å². The van der Waals surface area contributed by atoms with E-state index in [0.717, 1.165) is 43.5 Å². The van der Waals surface area contributed by atoms with Gasteiger partial charge in [-0.1, -0.05) is 0 Å². The molecule has 5 rings (SSSR count). The summed E-state index contributed by atoms with van der Waals surface area (Å²) in [5.41, 5.74) is 0.756. The van der Waals surface area contributed by atoms with Crippen LogP contribution < -0.4 is 10.1 Å². The molecule has 0 radical (unpaired) electrons. The van der Waals surface area contributed by atoms with Crippen molar-refractivity contribution in [3.63, 3.8) is 0 Å². The molecule has 154 valence electrons. The monoisotopic (exact) mass is 396 g/mol. The molecule has 3 saturated carbocycles. The number of nitrogens with zero attached hydrogens (tertiary/aromatic N) is 1. The van der Waals surface area contributed by atoms with Crippen LogP contribution in [0.3, 0.4) is 0 Å². The third-order valence-electron chi connectivity index (χ3n) is 7.75. The Balaban J connectivity index is 1.19. The zero-order valence-corrected chi connectivity index (χ0v) is 16.8. The van der Waals surface area contributed by atoms with Crippen LogP contribution in [0.15, 0.2) is 24.3 Å². The molecule has 2 bridgehead atoms. The quantitative estimate of drug-likeness (QED) is 0.793. The highest BCUT2D eigenvalue weighted by Gasteiger charge is 2.61. The van der Waals surface area contributed by atoms with Gasteiger partial charge in [-0.15, -0.1) is 0 Å². The summed E-state index contributed by atoms with van der Waals surface area (Å²) in [5.74, 6) is 1.63. The highest BCUT2D eigenvalue weighted by molar-refractivity contribution is 6.06. The van der Waals surface area contributed by atoms with Gasteiger partial charge in [-0.3, -0.25) is 19.3 Å². The number of likely N-dealkylation sites (tertiary alicyclic amines) is 1. The van der Waals surface area contributed by atoms with Crippen molar-refractivity contribution >= 4 is 23.4 Å². The molecule has 0 unspecified atom stereocenters. The molecule has 1 aliphatic heterocycles. The number of rotatable bonds is 4. The summed E-state index contributed by atoms with van der Waals surface area (Å²) in [7, 11) is 1.61. The van der Waals surface area contributed by atoms with Crippen molar-refractivity contribution in [2.75, 3.05) is 12.4 Å². The topological polar surface area (TPSA) is 75.7 Å². The van der Waals surface area contributed by atoms with E-state index in [1.165, 1.54) is 0 Å². The molecule has 4 atom stereocenters. The molecule has 0 spiro atoms. The number of amides is 3. The fourth-order valence-electron chi connectivity index (χ4n) is 6.31. The lowest BCUT2D eigenvalue weighted by Gasteiger charge is -2.33. The van der Waals surface area contributed by atoms with E-state index in [0.29, 0.717) is 24.7 Å². The third-order valence-corrected chi connectivity index (χ3v) is 7.75. The highest BCUT2D eigenvalue weighted by atomic mass is 16.5. The van der Waals surface area contributed by atoms with Crippen LogP contribution in [-0.4, -0.2) is 35.8 Å². The first-order valence-electron chi connectivity index (χ1n) is 10.9. The van der Waals surface area contributed by atoms with Gasteiger partial charge < -0.3 is 10.1 Å². The Labute approximate surface area is 171 Å². The number of benzene rings is 1. The number of fused-ring (bicyclic) bond motifs is 5. The number of carbonyl (C=O) groups excluding carboxylic acids is 3. The first-order valence-corrected chi connectivity index (χ1v) is 10.9. The maximum atomic E-state index is 13.0. The van der Waals surface area contributed by atoms with Gasteiger partial charge in [0.1, 0.15) is 5.75 Å². The molecule has 4 fully saturated rings. The van der Waals surface area contributed by atoms with E-state index in [2.05, 4.69) is 5.32 Å². The van der Waals surface area contributed by atoms with Crippen molar-refractivity contribution in [1.29, 1.82) is 0 Å². The standard InChI is InChI=1S/C23H28N2O4/c1-29-18-10-6-16(7-11-18)24-21(26)13-4-8-17(9-5-13)25-22(27)19-14-2-3-15(12-14)20(19)23(25)28/h6-7,10-11,13-15,17,19-20H,2-5,8-9,12H2,1H3,(H,24,26)/t13?,14-,15-,17?,19+,20+/m0/s1. The van der Waals surface area contributed by atoms with Gasteiger partial charge in [0.2, 0.25) is 17.7 Å². The number of nitrogens with one attached hydrogen (secondary N) is 1. The summed E-state index contributed by atoms with van der Waals surface area (Å²) in [6.45, 7) is 0. The average Bonchev–Trinajstić information content (AvgIpc) is 3.42. The third kappa shape index (κ3) is 3.04. The molecule has 1 saturated heterocycles. The van der Waals surface area contributed by atoms with Gasteiger partial charge in [0.05, 0.1) is 18.9 Å². The van der Waals surface area contributed by atoms with Crippen molar-refractivity contribution in [1.82, 2.24) is 4.90 Å². The molecule has 6 heteroatoms. The average molecular weight is 396 g/mol. The summed E-state index contributed by atoms with van der Waals surface area (Å²) in [4.78, 5) is 40.3. The van der Waals surface area contributed by atoms with Crippen LogP contribution >= 0.6 is 0 Å². The summed E-state index contributed by atoms with van der Waals surface area (Å²) in [6, 6.07) is 7.28. The van der Waals surface area contributed by atoms with Crippen molar-refractivity contribution in [3.05, 3.63) is 24.3 Å². The summed E-state index contributed by atoms with van der Waals surface area (Å²) in [6.07, 6.45) is 6.17. The van der Waals surface area contributed by atoms with Gasteiger partial charge >= 0.3 is 0 Å². The zero-order chi connectivity index (χ0) is 20.1. The number of anilines is 1. The number of hydrogen-bond acceptors (Lipinski definition) is 4. The Kier molecular flexibility index (Phi) is 4.60. The maximum absolute atomic E-state index is 13.0. The molecule has 6 nitrogen and oxygen atoms in total. The predicted octanol–water partition coefficient (Wildman–Crippen LogP) is 3.22. The number of hydrogen-bond donors (Lipinski definition) is 1. The van der Waals surface area contributed by atoms with E-state index in [9.17, 15) is 14.4 Å². The van der Waals surface area contributed by atoms with Crippen molar-refractivity contribution in [2.45, 2.75) is 51.0 Å². The van der Waals surface area contributed by atoms with Crippen molar-refractivity contribution < 1.29 is 19.1 Å². The Hall–Kier alpha value is -2.37. The van der Waals surface area contributed by atoms with Gasteiger partial charge in [0, 0.05) is 17.6 Å². The highest BCUT2D eigenvalue weighted by Crippen LogP contribution is 2.56. The minimum Gasteiger partial charge on any atom is -0.497 e. The number of carbonyl (C=O) groups is 3. The number of imide groups is 1. The molecule has 1 N–H and O–H groups in total. The van der Waals surface area contributed by atoms with E-state index in [1.807, 2.05) is 24.3 Å². The van der Waals surface area contributed by atoms with E-state index in [1.54, 1.807) is 12.0 Å². The molecule has 3 amide bonds. The Bertz CT molecular complexity index is 800. The second kappa shape index (κ2) is 7.15. The molecule has 1 aromatic rings. The second-order valence-electron chi connectivity index (χ2n) is 9.15. The van der Waals surface area contributed by atoms with Crippen LogP contribution in [-0.2, 0) is 14.4 Å². The lowest BCUT2D eigenvalue weighted by atomic mass is 9.81. The van der Waals surface area contributed by atoms with Crippen LogP contribution in [0, 0.1) is 29.6 Å². The zero-order valence-electron chi connectivity index (χ0n) is 16.8. The van der Waals surface area contributed by atoms with Crippen LogP contribution in [0.5, 0.6) is 5.75 Å². The number of methoxy groups -OCH3 is 1. The normalized spacial score (nSPS) is 35.7. The lowest BCUT2D eigenvalue weighted by molar-refractivity contribution is -0.144. The fraction of sp³-hybridized carbons (Fsp3) is 0.609. The van der Waals surface area contributed by atoms with Gasteiger partial charge in [0.25, 0.3) is 0 Å². The van der Waals surface area contributed by atoms with E-state index >= 15 is 0 Å². The van der Waals surface area contributed by atoms with Gasteiger partial charge in [-0.05, 0) is 81.0 Å². The maximum Gasteiger partial charge on any atom is 0.233 e. The van der Waals surface area contributed by atoms with Crippen molar-refractivity contribution in [2.24, 2.45) is 29.6 Å². The predicted molar refractivity (Wildman–Crippen MR) is 107 cm³/mol. The van der Waals surface area contributed by atoms with Crippen LogP contribution in [0.25, 0.3) is 0 Å². The summed E-state index contributed by atoms with van der Waals surface area (Å²) < 4.78 is 5.14.